The minimum Gasteiger partial charge on any atom is -0.370 e. The third-order valence-corrected chi connectivity index (χ3v) is 3.50. The van der Waals surface area contributed by atoms with Crippen molar-refractivity contribution in [3.63, 3.8) is 0 Å². The highest BCUT2D eigenvalue weighted by molar-refractivity contribution is 5.80. The Morgan fingerprint density at radius 3 is 2.59 bits per heavy atom. The van der Waals surface area contributed by atoms with Crippen LogP contribution in [0.1, 0.15) is 39.5 Å². The predicted molar refractivity (Wildman–Crippen MR) is 65.9 cm³/mol. The molecule has 0 aliphatic heterocycles. The first-order chi connectivity index (χ1) is 7.90. The highest BCUT2D eigenvalue weighted by Crippen LogP contribution is 2.28. The van der Waals surface area contributed by atoms with E-state index < -0.39 is 5.91 Å². The van der Waals surface area contributed by atoms with Gasteiger partial charge < -0.3 is 16.8 Å². The summed E-state index contributed by atoms with van der Waals surface area (Å²) in [6, 6.07) is 0.0213. The van der Waals surface area contributed by atoms with E-state index in [4.69, 9.17) is 11.5 Å². The fraction of sp³-hybridized carbons (Fsp3) is 0.833. The Balaban J connectivity index is 2.40. The summed E-state index contributed by atoms with van der Waals surface area (Å²) in [7, 11) is 0. The minimum atomic E-state index is -0.392. The Labute approximate surface area is 102 Å². The number of carbonyl (C=O) groups excluding carboxylic acids is 2. The first-order valence-corrected chi connectivity index (χ1v) is 6.24. The van der Waals surface area contributed by atoms with Crippen LogP contribution >= 0.6 is 0 Å². The topological polar surface area (TPSA) is 98.2 Å². The highest BCUT2D eigenvalue weighted by atomic mass is 16.2. The lowest BCUT2D eigenvalue weighted by Crippen LogP contribution is -2.43. The van der Waals surface area contributed by atoms with Crippen LogP contribution in [-0.2, 0) is 9.59 Å². The first kappa shape index (κ1) is 14.0. The van der Waals surface area contributed by atoms with E-state index in [0.717, 1.165) is 19.3 Å². The molecule has 0 aromatic carbocycles. The SMILES string of the molecule is CC(CC(N)=O)NC(=O)C1CCC(N)C(C)C1. The molecule has 1 fully saturated rings. The van der Waals surface area contributed by atoms with E-state index in [1.54, 1.807) is 6.92 Å². The molecule has 0 aromatic rings. The van der Waals surface area contributed by atoms with Crippen LogP contribution in [0.25, 0.3) is 0 Å². The molecule has 98 valence electrons. The van der Waals surface area contributed by atoms with E-state index in [1.165, 1.54) is 0 Å². The number of hydrogen-bond donors (Lipinski definition) is 3. The fourth-order valence-corrected chi connectivity index (χ4v) is 2.37. The summed E-state index contributed by atoms with van der Waals surface area (Å²) in [5, 5.41) is 2.84. The standard InChI is InChI=1S/C12H23N3O2/c1-7-5-9(3-4-10(7)13)12(17)15-8(2)6-11(14)16/h7-10H,3-6,13H2,1-2H3,(H2,14,16)(H,15,17). The van der Waals surface area contributed by atoms with Crippen LogP contribution in [0.4, 0.5) is 0 Å². The van der Waals surface area contributed by atoms with E-state index in [-0.39, 0.29) is 30.3 Å². The third kappa shape index (κ3) is 4.34. The molecule has 0 heterocycles. The van der Waals surface area contributed by atoms with Crippen LogP contribution in [-0.4, -0.2) is 23.9 Å². The lowest BCUT2D eigenvalue weighted by atomic mass is 9.79. The number of nitrogens with two attached hydrogens (primary N) is 2. The Morgan fingerprint density at radius 1 is 1.41 bits per heavy atom. The largest absolute Gasteiger partial charge is 0.370 e. The molecule has 1 rings (SSSR count). The zero-order valence-electron chi connectivity index (χ0n) is 10.6. The normalized spacial score (nSPS) is 30.6. The molecule has 0 saturated heterocycles. The van der Waals surface area contributed by atoms with Gasteiger partial charge in [-0.3, -0.25) is 9.59 Å². The second kappa shape index (κ2) is 6.00. The molecule has 0 bridgehead atoms. The Bertz CT molecular complexity index is 293. The lowest BCUT2D eigenvalue weighted by molar-refractivity contribution is -0.127. The monoisotopic (exact) mass is 241 g/mol. The van der Waals surface area contributed by atoms with E-state index >= 15 is 0 Å². The molecule has 4 unspecified atom stereocenters. The summed E-state index contributed by atoms with van der Waals surface area (Å²) in [5.74, 6) is 0.0420. The van der Waals surface area contributed by atoms with Crippen molar-refractivity contribution in [2.75, 3.05) is 0 Å². The quantitative estimate of drug-likeness (QED) is 0.652. The molecular weight excluding hydrogens is 218 g/mol. The van der Waals surface area contributed by atoms with E-state index in [9.17, 15) is 9.59 Å². The maximum atomic E-state index is 11.9. The number of amides is 2. The number of rotatable bonds is 4. The van der Waals surface area contributed by atoms with Crippen LogP contribution in [0.3, 0.4) is 0 Å². The summed E-state index contributed by atoms with van der Waals surface area (Å²) in [6.07, 6.45) is 2.74. The van der Waals surface area contributed by atoms with Crippen molar-refractivity contribution in [2.45, 2.75) is 51.6 Å². The molecule has 2 amide bonds. The van der Waals surface area contributed by atoms with Crippen molar-refractivity contribution in [3.8, 4) is 0 Å². The molecule has 1 aliphatic rings. The summed E-state index contributed by atoms with van der Waals surface area (Å²) >= 11 is 0. The van der Waals surface area contributed by atoms with Crippen LogP contribution in [0.2, 0.25) is 0 Å². The molecule has 17 heavy (non-hydrogen) atoms. The van der Waals surface area contributed by atoms with Gasteiger partial charge in [-0.25, -0.2) is 0 Å². The Kier molecular flexibility index (Phi) is 4.93. The molecular formula is C12H23N3O2. The number of nitrogens with one attached hydrogen (secondary N) is 1. The van der Waals surface area contributed by atoms with Gasteiger partial charge in [0.1, 0.15) is 0 Å². The van der Waals surface area contributed by atoms with E-state index in [2.05, 4.69) is 12.2 Å². The van der Waals surface area contributed by atoms with Gasteiger partial charge in [-0.1, -0.05) is 6.92 Å². The molecule has 0 radical (unpaired) electrons. The lowest BCUT2D eigenvalue weighted by Gasteiger charge is -2.31. The fourth-order valence-electron chi connectivity index (χ4n) is 2.37. The van der Waals surface area contributed by atoms with Crippen LogP contribution in [0.5, 0.6) is 0 Å². The minimum absolute atomic E-state index is 0.0255. The predicted octanol–water partition coefficient (Wildman–Crippen LogP) is 0.130. The van der Waals surface area contributed by atoms with Gasteiger partial charge in [-0.2, -0.15) is 0 Å². The van der Waals surface area contributed by atoms with Gasteiger partial charge in [0.2, 0.25) is 11.8 Å². The molecule has 0 spiro atoms. The molecule has 5 heteroatoms. The number of carbonyl (C=O) groups is 2. The van der Waals surface area contributed by atoms with Gasteiger partial charge in [0, 0.05) is 24.4 Å². The van der Waals surface area contributed by atoms with Gasteiger partial charge in [0.15, 0.2) is 0 Å². The summed E-state index contributed by atoms with van der Waals surface area (Å²) in [4.78, 5) is 22.7. The zero-order valence-corrected chi connectivity index (χ0v) is 10.6. The molecule has 0 aromatic heterocycles. The van der Waals surface area contributed by atoms with Crippen LogP contribution in [0.15, 0.2) is 0 Å². The van der Waals surface area contributed by atoms with Crippen molar-refractivity contribution < 1.29 is 9.59 Å². The third-order valence-electron chi connectivity index (χ3n) is 3.50. The second-order valence-electron chi connectivity index (χ2n) is 5.23. The molecule has 5 nitrogen and oxygen atoms in total. The maximum absolute atomic E-state index is 11.9. The Morgan fingerprint density at radius 2 is 2.06 bits per heavy atom. The maximum Gasteiger partial charge on any atom is 0.223 e. The van der Waals surface area contributed by atoms with Crippen molar-refractivity contribution >= 4 is 11.8 Å². The molecule has 1 aliphatic carbocycles. The van der Waals surface area contributed by atoms with Gasteiger partial charge in [-0.05, 0) is 32.1 Å². The zero-order chi connectivity index (χ0) is 13.0. The summed E-state index contributed by atoms with van der Waals surface area (Å²) < 4.78 is 0. The smallest absolute Gasteiger partial charge is 0.223 e. The first-order valence-electron chi connectivity index (χ1n) is 6.24. The molecule has 4 atom stereocenters. The van der Waals surface area contributed by atoms with Gasteiger partial charge in [-0.15, -0.1) is 0 Å². The van der Waals surface area contributed by atoms with E-state index in [0.29, 0.717) is 5.92 Å². The van der Waals surface area contributed by atoms with Crippen molar-refractivity contribution in [1.82, 2.24) is 5.32 Å². The molecule has 5 N–H and O–H groups in total. The van der Waals surface area contributed by atoms with Crippen molar-refractivity contribution in [3.05, 3.63) is 0 Å². The van der Waals surface area contributed by atoms with Crippen LogP contribution in [0, 0.1) is 11.8 Å². The Hall–Kier alpha value is -1.10. The van der Waals surface area contributed by atoms with Gasteiger partial charge in [0.05, 0.1) is 0 Å². The summed E-state index contributed by atoms with van der Waals surface area (Å²) in [5.41, 5.74) is 11.0. The average molecular weight is 241 g/mol. The highest BCUT2D eigenvalue weighted by Gasteiger charge is 2.29. The summed E-state index contributed by atoms with van der Waals surface area (Å²) in [6.45, 7) is 3.87. The van der Waals surface area contributed by atoms with Crippen molar-refractivity contribution in [1.29, 1.82) is 0 Å². The van der Waals surface area contributed by atoms with Crippen molar-refractivity contribution in [2.24, 2.45) is 23.3 Å². The second-order valence-corrected chi connectivity index (χ2v) is 5.23. The average Bonchev–Trinajstić information content (AvgIpc) is 2.20. The molecule has 1 saturated carbocycles. The van der Waals surface area contributed by atoms with Gasteiger partial charge in [0.25, 0.3) is 0 Å². The van der Waals surface area contributed by atoms with E-state index in [1.807, 2.05) is 0 Å². The number of primary amides is 1. The number of hydrogen-bond acceptors (Lipinski definition) is 3. The van der Waals surface area contributed by atoms with Crippen LogP contribution < -0.4 is 16.8 Å². The van der Waals surface area contributed by atoms with Gasteiger partial charge >= 0.3 is 0 Å².